The zero-order chi connectivity index (χ0) is 15.0. The summed E-state index contributed by atoms with van der Waals surface area (Å²) < 4.78 is 10.8. The van der Waals surface area contributed by atoms with Gasteiger partial charge in [0.15, 0.2) is 12.1 Å². The molecule has 0 radical (unpaired) electrons. The van der Waals surface area contributed by atoms with Crippen LogP contribution in [-0.2, 0) is 15.9 Å². The average molecular weight is 278 g/mol. The molecule has 0 aliphatic rings. The highest BCUT2D eigenvalue weighted by Gasteiger charge is 2.15. The van der Waals surface area contributed by atoms with Crippen molar-refractivity contribution in [2.75, 3.05) is 13.2 Å². The molecule has 0 amide bonds. The van der Waals surface area contributed by atoms with E-state index in [-0.39, 0.29) is 12.2 Å². The summed E-state index contributed by atoms with van der Waals surface area (Å²) in [4.78, 5) is 12.2. The molecule has 0 atom stereocenters. The van der Waals surface area contributed by atoms with Crippen molar-refractivity contribution in [3.63, 3.8) is 0 Å². The third-order valence-electron chi connectivity index (χ3n) is 2.98. The van der Waals surface area contributed by atoms with Gasteiger partial charge in [-0.15, -0.1) is 0 Å². The SMILES string of the molecule is CCOC(CC(=O)c1ccc(CC(C)C)cc1)OCC. The first-order valence-electron chi connectivity index (χ1n) is 7.42. The highest BCUT2D eigenvalue weighted by molar-refractivity contribution is 5.96. The van der Waals surface area contributed by atoms with Crippen LogP contribution >= 0.6 is 0 Å². The predicted octanol–water partition coefficient (Wildman–Crippen LogP) is 3.86. The first-order valence-corrected chi connectivity index (χ1v) is 7.42. The third-order valence-corrected chi connectivity index (χ3v) is 2.98. The molecule has 0 saturated heterocycles. The fraction of sp³-hybridized carbons (Fsp3) is 0.588. The van der Waals surface area contributed by atoms with Gasteiger partial charge in [-0.25, -0.2) is 0 Å². The zero-order valence-corrected chi connectivity index (χ0v) is 13.0. The van der Waals surface area contributed by atoms with Gasteiger partial charge in [-0.05, 0) is 31.7 Å². The number of rotatable bonds is 9. The topological polar surface area (TPSA) is 35.5 Å². The summed E-state index contributed by atoms with van der Waals surface area (Å²) in [5, 5.41) is 0. The molecule has 0 unspecified atom stereocenters. The van der Waals surface area contributed by atoms with Crippen molar-refractivity contribution in [2.24, 2.45) is 5.92 Å². The van der Waals surface area contributed by atoms with Crippen molar-refractivity contribution in [2.45, 2.75) is 46.8 Å². The lowest BCUT2D eigenvalue weighted by Crippen LogP contribution is -2.21. The lowest BCUT2D eigenvalue weighted by molar-refractivity contribution is -0.133. The molecule has 1 aromatic rings. The van der Waals surface area contributed by atoms with Crippen LogP contribution in [0.4, 0.5) is 0 Å². The molecule has 1 aromatic carbocycles. The van der Waals surface area contributed by atoms with E-state index < -0.39 is 6.29 Å². The van der Waals surface area contributed by atoms with Crippen molar-refractivity contribution < 1.29 is 14.3 Å². The maximum Gasteiger partial charge on any atom is 0.167 e. The molecule has 0 aromatic heterocycles. The fourth-order valence-electron chi connectivity index (χ4n) is 2.11. The van der Waals surface area contributed by atoms with Gasteiger partial charge < -0.3 is 9.47 Å². The predicted molar refractivity (Wildman–Crippen MR) is 81.0 cm³/mol. The van der Waals surface area contributed by atoms with E-state index in [1.54, 1.807) is 0 Å². The summed E-state index contributed by atoms with van der Waals surface area (Å²) in [5.74, 6) is 0.685. The smallest absolute Gasteiger partial charge is 0.167 e. The van der Waals surface area contributed by atoms with Crippen molar-refractivity contribution in [3.8, 4) is 0 Å². The van der Waals surface area contributed by atoms with Crippen LogP contribution in [0.5, 0.6) is 0 Å². The Morgan fingerprint density at radius 3 is 2.05 bits per heavy atom. The van der Waals surface area contributed by atoms with Gasteiger partial charge >= 0.3 is 0 Å². The number of hydrogen-bond acceptors (Lipinski definition) is 3. The van der Waals surface area contributed by atoms with Crippen molar-refractivity contribution >= 4 is 5.78 Å². The average Bonchev–Trinajstić information content (AvgIpc) is 2.39. The van der Waals surface area contributed by atoms with Gasteiger partial charge in [0.05, 0.1) is 6.42 Å². The first kappa shape index (κ1) is 16.9. The van der Waals surface area contributed by atoms with E-state index in [2.05, 4.69) is 13.8 Å². The summed E-state index contributed by atoms with van der Waals surface area (Å²) in [5.41, 5.74) is 1.99. The van der Waals surface area contributed by atoms with Gasteiger partial charge in [0.25, 0.3) is 0 Å². The van der Waals surface area contributed by atoms with Crippen LogP contribution in [0.2, 0.25) is 0 Å². The Kier molecular flexibility index (Phi) is 7.48. The molecular weight excluding hydrogens is 252 g/mol. The summed E-state index contributed by atoms with van der Waals surface area (Å²) in [6.07, 6.45) is 0.869. The Hall–Kier alpha value is -1.19. The lowest BCUT2D eigenvalue weighted by Gasteiger charge is -2.16. The molecule has 0 fully saturated rings. The van der Waals surface area contributed by atoms with Crippen LogP contribution in [0.15, 0.2) is 24.3 Å². The van der Waals surface area contributed by atoms with E-state index in [0.29, 0.717) is 19.1 Å². The molecule has 3 heteroatoms. The Morgan fingerprint density at radius 2 is 1.60 bits per heavy atom. The molecule has 0 N–H and O–H groups in total. The maximum absolute atomic E-state index is 12.2. The van der Waals surface area contributed by atoms with Gasteiger partial charge in [0.2, 0.25) is 0 Å². The second-order valence-corrected chi connectivity index (χ2v) is 5.26. The Bertz CT molecular complexity index is 389. The highest BCUT2D eigenvalue weighted by atomic mass is 16.7. The highest BCUT2D eigenvalue weighted by Crippen LogP contribution is 2.13. The summed E-state index contributed by atoms with van der Waals surface area (Å²) >= 11 is 0. The minimum Gasteiger partial charge on any atom is -0.352 e. The number of carbonyl (C=O) groups is 1. The molecule has 0 saturated carbocycles. The van der Waals surface area contributed by atoms with Crippen LogP contribution in [0, 0.1) is 5.92 Å². The molecule has 112 valence electrons. The van der Waals surface area contributed by atoms with Crippen molar-refractivity contribution in [1.29, 1.82) is 0 Å². The molecule has 1 rings (SSSR count). The molecular formula is C17H26O3. The molecule has 0 heterocycles. The standard InChI is InChI=1S/C17H26O3/c1-5-19-17(20-6-2)12-16(18)15-9-7-14(8-10-15)11-13(3)4/h7-10,13,17H,5-6,11-12H2,1-4H3. The number of ketones is 1. The van der Waals surface area contributed by atoms with E-state index in [1.807, 2.05) is 38.1 Å². The van der Waals surface area contributed by atoms with Crippen LogP contribution in [0.3, 0.4) is 0 Å². The third kappa shape index (κ3) is 5.85. The van der Waals surface area contributed by atoms with Crippen LogP contribution in [-0.4, -0.2) is 25.3 Å². The number of Topliss-reactive ketones (excluding diaryl/α,β-unsaturated/α-hetero) is 1. The van der Waals surface area contributed by atoms with Gasteiger partial charge in [0.1, 0.15) is 0 Å². The Morgan fingerprint density at radius 1 is 1.05 bits per heavy atom. The zero-order valence-electron chi connectivity index (χ0n) is 13.0. The van der Waals surface area contributed by atoms with Gasteiger partial charge in [0, 0.05) is 18.8 Å². The van der Waals surface area contributed by atoms with E-state index >= 15 is 0 Å². The van der Waals surface area contributed by atoms with E-state index in [1.165, 1.54) is 5.56 Å². The number of benzene rings is 1. The molecule has 0 aliphatic carbocycles. The van der Waals surface area contributed by atoms with Crippen molar-refractivity contribution in [3.05, 3.63) is 35.4 Å². The van der Waals surface area contributed by atoms with Crippen molar-refractivity contribution in [1.82, 2.24) is 0 Å². The van der Waals surface area contributed by atoms with Crippen LogP contribution < -0.4 is 0 Å². The quantitative estimate of drug-likeness (QED) is 0.508. The Balaban J connectivity index is 2.62. The number of hydrogen-bond donors (Lipinski definition) is 0. The first-order chi connectivity index (χ1) is 9.56. The van der Waals surface area contributed by atoms with E-state index in [9.17, 15) is 4.79 Å². The van der Waals surface area contributed by atoms with Crippen LogP contribution in [0.1, 0.15) is 50.0 Å². The normalized spacial score (nSPS) is 11.3. The monoisotopic (exact) mass is 278 g/mol. The summed E-state index contributed by atoms with van der Waals surface area (Å²) in [6, 6.07) is 7.86. The lowest BCUT2D eigenvalue weighted by atomic mass is 10.00. The Labute approximate surface area is 122 Å². The minimum atomic E-state index is -0.437. The number of ether oxygens (including phenoxy) is 2. The molecule has 0 bridgehead atoms. The second kappa shape index (κ2) is 8.88. The number of carbonyl (C=O) groups excluding carboxylic acids is 1. The van der Waals surface area contributed by atoms with E-state index in [0.717, 1.165) is 12.0 Å². The molecule has 3 nitrogen and oxygen atoms in total. The van der Waals surface area contributed by atoms with E-state index in [4.69, 9.17) is 9.47 Å². The van der Waals surface area contributed by atoms with Crippen LogP contribution in [0.25, 0.3) is 0 Å². The molecule has 20 heavy (non-hydrogen) atoms. The summed E-state index contributed by atoms with van der Waals surface area (Å²) in [7, 11) is 0. The minimum absolute atomic E-state index is 0.0630. The van der Waals surface area contributed by atoms with Gasteiger partial charge in [-0.1, -0.05) is 38.1 Å². The molecule has 0 spiro atoms. The maximum atomic E-state index is 12.2. The van der Waals surface area contributed by atoms with Gasteiger partial charge in [-0.2, -0.15) is 0 Å². The van der Waals surface area contributed by atoms with Gasteiger partial charge in [-0.3, -0.25) is 4.79 Å². The largest absolute Gasteiger partial charge is 0.352 e. The second-order valence-electron chi connectivity index (χ2n) is 5.26. The molecule has 0 aliphatic heterocycles. The fourth-order valence-corrected chi connectivity index (χ4v) is 2.11. The summed E-state index contributed by atoms with van der Waals surface area (Å²) in [6.45, 7) is 9.27.